The van der Waals surface area contributed by atoms with E-state index in [0.717, 1.165) is 6.07 Å². The average molecular weight is 234 g/mol. The number of hydrogen-bond acceptors (Lipinski definition) is 2. The molecule has 0 spiro atoms. The van der Waals surface area contributed by atoms with Gasteiger partial charge in [0.2, 0.25) is 0 Å². The monoisotopic (exact) mass is 234 g/mol. The van der Waals surface area contributed by atoms with Crippen molar-refractivity contribution in [2.24, 2.45) is 0 Å². The van der Waals surface area contributed by atoms with Crippen LogP contribution in [0.3, 0.4) is 0 Å². The molecule has 0 saturated heterocycles. The SMILES string of the molecule is C=CCN(CC=C)C(=O)c1cc(N)cc(F)c1. The van der Waals surface area contributed by atoms with Gasteiger partial charge in [-0.25, -0.2) is 4.39 Å². The van der Waals surface area contributed by atoms with Crippen LogP contribution in [0.5, 0.6) is 0 Å². The molecule has 1 aromatic carbocycles. The summed E-state index contributed by atoms with van der Waals surface area (Å²) in [5.74, 6) is -0.818. The van der Waals surface area contributed by atoms with Crippen molar-refractivity contribution in [2.75, 3.05) is 18.8 Å². The topological polar surface area (TPSA) is 46.3 Å². The van der Waals surface area contributed by atoms with Crippen molar-refractivity contribution in [1.29, 1.82) is 0 Å². The number of nitrogens with two attached hydrogens (primary N) is 1. The summed E-state index contributed by atoms with van der Waals surface area (Å²) < 4.78 is 13.1. The van der Waals surface area contributed by atoms with Crippen LogP contribution in [0, 0.1) is 5.82 Å². The van der Waals surface area contributed by atoms with Crippen molar-refractivity contribution in [1.82, 2.24) is 4.90 Å². The number of halogens is 1. The van der Waals surface area contributed by atoms with Crippen molar-refractivity contribution >= 4 is 11.6 Å². The van der Waals surface area contributed by atoms with Crippen LogP contribution < -0.4 is 5.73 Å². The molecule has 4 heteroatoms. The Labute approximate surface area is 100 Å². The van der Waals surface area contributed by atoms with Crippen LogP contribution in [0.1, 0.15) is 10.4 Å². The summed E-state index contributed by atoms with van der Waals surface area (Å²) in [5, 5.41) is 0. The molecule has 2 N–H and O–H groups in total. The lowest BCUT2D eigenvalue weighted by Crippen LogP contribution is -2.31. The zero-order valence-electron chi connectivity index (χ0n) is 9.53. The second kappa shape index (κ2) is 5.84. The maximum atomic E-state index is 13.1. The number of amides is 1. The predicted molar refractivity (Wildman–Crippen MR) is 67.1 cm³/mol. The second-order valence-electron chi connectivity index (χ2n) is 3.56. The van der Waals surface area contributed by atoms with Gasteiger partial charge in [-0.05, 0) is 18.2 Å². The lowest BCUT2D eigenvalue weighted by atomic mass is 10.1. The summed E-state index contributed by atoms with van der Waals surface area (Å²) in [7, 11) is 0. The van der Waals surface area contributed by atoms with Crippen molar-refractivity contribution < 1.29 is 9.18 Å². The first-order chi connectivity index (χ1) is 8.08. The number of benzene rings is 1. The summed E-state index contributed by atoms with van der Waals surface area (Å²) >= 11 is 0. The summed E-state index contributed by atoms with van der Waals surface area (Å²) in [4.78, 5) is 13.5. The number of hydrogen-bond donors (Lipinski definition) is 1. The van der Waals surface area contributed by atoms with Gasteiger partial charge in [-0.3, -0.25) is 4.79 Å². The first-order valence-corrected chi connectivity index (χ1v) is 5.15. The van der Waals surface area contributed by atoms with Crippen LogP contribution >= 0.6 is 0 Å². The van der Waals surface area contributed by atoms with Crippen LogP contribution in [0.4, 0.5) is 10.1 Å². The Hall–Kier alpha value is -2.10. The van der Waals surface area contributed by atoms with Crippen molar-refractivity contribution in [3.05, 3.63) is 54.9 Å². The molecular weight excluding hydrogens is 219 g/mol. The van der Waals surface area contributed by atoms with E-state index >= 15 is 0 Å². The van der Waals surface area contributed by atoms with E-state index in [2.05, 4.69) is 13.2 Å². The maximum Gasteiger partial charge on any atom is 0.254 e. The molecule has 0 heterocycles. The van der Waals surface area contributed by atoms with Gasteiger partial charge in [-0.1, -0.05) is 12.2 Å². The Morgan fingerprint density at radius 1 is 1.29 bits per heavy atom. The van der Waals surface area contributed by atoms with Crippen molar-refractivity contribution in [2.45, 2.75) is 0 Å². The minimum Gasteiger partial charge on any atom is -0.399 e. The third kappa shape index (κ3) is 3.45. The normalized spacial score (nSPS) is 9.71. The van der Waals surface area contributed by atoms with Crippen LogP contribution in [-0.4, -0.2) is 23.9 Å². The van der Waals surface area contributed by atoms with Gasteiger partial charge in [0.1, 0.15) is 5.82 Å². The number of nitrogens with zero attached hydrogens (tertiary/aromatic N) is 1. The maximum absolute atomic E-state index is 13.1. The van der Waals surface area contributed by atoms with Gasteiger partial charge in [-0.2, -0.15) is 0 Å². The van der Waals surface area contributed by atoms with Crippen LogP contribution in [0.15, 0.2) is 43.5 Å². The van der Waals surface area contributed by atoms with Gasteiger partial charge in [0.25, 0.3) is 5.91 Å². The fourth-order valence-corrected chi connectivity index (χ4v) is 1.47. The molecule has 0 atom stereocenters. The van der Waals surface area contributed by atoms with Gasteiger partial charge in [-0.15, -0.1) is 13.2 Å². The Bertz CT molecular complexity index is 413. The van der Waals surface area contributed by atoms with E-state index in [-0.39, 0.29) is 17.2 Å². The highest BCUT2D eigenvalue weighted by Gasteiger charge is 2.14. The summed E-state index contributed by atoms with van der Waals surface area (Å²) in [6, 6.07) is 3.78. The highest BCUT2D eigenvalue weighted by atomic mass is 19.1. The lowest BCUT2D eigenvalue weighted by Gasteiger charge is -2.19. The fourth-order valence-electron chi connectivity index (χ4n) is 1.47. The molecule has 0 aliphatic heterocycles. The number of carbonyl (C=O) groups excluding carboxylic acids is 1. The highest BCUT2D eigenvalue weighted by Crippen LogP contribution is 2.13. The van der Waals surface area contributed by atoms with E-state index in [1.807, 2.05) is 0 Å². The predicted octanol–water partition coefficient (Wildman–Crippen LogP) is 2.22. The zero-order valence-corrected chi connectivity index (χ0v) is 9.53. The highest BCUT2D eigenvalue weighted by molar-refractivity contribution is 5.95. The molecule has 0 unspecified atom stereocenters. The molecule has 0 aromatic heterocycles. The van der Waals surface area contributed by atoms with Gasteiger partial charge >= 0.3 is 0 Å². The molecule has 0 aliphatic carbocycles. The number of anilines is 1. The third-order valence-electron chi connectivity index (χ3n) is 2.15. The minimum absolute atomic E-state index is 0.227. The molecule has 90 valence electrons. The Morgan fingerprint density at radius 3 is 2.35 bits per heavy atom. The molecule has 1 amide bonds. The molecule has 0 aliphatic rings. The molecule has 0 bridgehead atoms. The van der Waals surface area contributed by atoms with E-state index in [9.17, 15) is 9.18 Å². The molecule has 0 saturated carbocycles. The average Bonchev–Trinajstić information content (AvgIpc) is 2.26. The third-order valence-corrected chi connectivity index (χ3v) is 2.15. The first-order valence-electron chi connectivity index (χ1n) is 5.15. The Balaban J connectivity index is 2.99. The number of rotatable bonds is 5. The van der Waals surface area contributed by atoms with Gasteiger partial charge in [0.15, 0.2) is 0 Å². The summed E-state index contributed by atoms with van der Waals surface area (Å²) in [5.41, 5.74) is 5.95. The molecule has 3 nitrogen and oxygen atoms in total. The van der Waals surface area contributed by atoms with Crippen molar-refractivity contribution in [3.8, 4) is 0 Å². The molecule has 1 rings (SSSR count). The molecular formula is C13H15FN2O. The lowest BCUT2D eigenvalue weighted by molar-refractivity contribution is 0.0790. The Kier molecular flexibility index (Phi) is 4.46. The first kappa shape index (κ1) is 13.0. The summed E-state index contributed by atoms with van der Waals surface area (Å²) in [6.45, 7) is 7.89. The molecule has 0 fully saturated rings. The smallest absolute Gasteiger partial charge is 0.254 e. The Morgan fingerprint density at radius 2 is 1.88 bits per heavy atom. The zero-order chi connectivity index (χ0) is 12.8. The van der Waals surface area contributed by atoms with Crippen molar-refractivity contribution in [3.63, 3.8) is 0 Å². The number of carbonyl (C=O) groups is 1. The van der Waals surface area contributed by atoms with Crippen LogP contribution in [0.25, 0.3) is 0 Å². The van der Waals surface area contributed by atoms with E-state index in [1.54, 1.807) is 12.2 Å². The molecule has 0 radical (unpaired) electrons. The summed E-state index contributed by atoms with van der Waals surface area (Å²) in [6.07, 6.45) is 3.20. The fraction of sp³-hybridized carbons (Fsp3) is 0.154. The molecule has 17 heavy (non-hydrogen) atoms. The van der Waals surface area contributed by atoms with E-state index in [0.29, 0.717) is 13.1 Å². The second-order valence-corrected chi connectivity index (χ2v) is 3.56. The van der Waals surface area contributed by atoms with E-state index in [1.165, 1.54) is 17.0 Å². The van der Waals surface area contributed by atoms with Gasteiger partial charge in [0.05, 0.1) is 0 Å². The van der Waals surface area contributed by atoms with Crippen LogP contribution in [0.2, 0.25) is 0 Å². The quantitative estimate of drug-likeness (QED) is 0.627. The van der Waals surface area contributed by atoms with E-state index < -0.39 is 5.82 Å². The van der Waals surface area contributed by atoms with Gasteiger partial charge in [0, 0.05) is 24.3 Å². The number of nitrogen functional groups attached to an aromatic ring is 1. The van der Waals surface area contributed by atoms with Crippen LogP contribution in [-0.2, 0) is 0 Å². The minimum atomic E-state index is -0.523. The van der Waals surface area contributed by atoms with Gasteiger partial charge < -0.3 is 10.6 Å². The largest absolute Gasteiger partial charge is 0.399 e. The molecule has 1 aromatic rings. The standard InChI is InChI=1S/C13H15FN2O/c1-3-5-16(6-4-2)13(17)10-7-11(14)9-12(15)8-10/h3-4,7-9H,1-2,5-6,15H2. The van der Waals surface area contributed by atoms with E-state index in [4.69, 9.17) is 5.73 Å².